The smallest absolute Gasteiger partial charge is 0.338 e. The van der Waals surface area contributed by atoms with Gasteiger partial charge in [-0.15, -0.1) is 0 Å². The first-order chi connectivity index (χ1) is 17.8. The first kappa shape index (κ1) is 25.5. The van der Waals surface area contributed by atoms with Gasteiger partial charge in [0.1, 0.15) is 5.76 Å². The average molecular weight is 502 g/mol. The highest BCUT2D eigenvalue weighted by molar-refractivity contribution is 6.51. The molecule has 1 unspecified atom stereocenters. The molecular formula is C29H27NO7. The number of esters is 1. The zero-order chi connectivity index (χ0) is 26.7. The molecule has 190 valence electrons. The molecule has 1 saturated heterocycles. The Morgan fingerprint density at radius 1 is 0.865 bits per heavy atom. The summed E-state index contributed by atoms with van der Waals surface area (Å²) in [6.45, 7) is 3.48. The number of aliphatic hydroxyl groups is 1. The van der Waals surface area contributed by atoms with Crippen LogP contribution in [0.15, 0.2) is 78.4 Å². The standard InChI is InChI=1S/C29H27NO7/c1-17(2)37-29(34)20-11-8-12-21(15-20)30-25(18-9-6-5-7-10-18)24(27(32)28(30)33)26(31)19-13-14-22(35-3)23(16-19)36-4/h5-17,25,31H,1-4H3/b26-24+. The molecule has 0 radical (unpaired) electrons. The second kappa shape index (κ2) is 10.6. The Bertz CT molecular complexity index is 1380. The largest absolute Gasteiger partial charge is 0.507 e. The van der Waals surface area contributed by atoms with E-state index in [0.29, 0.717) is 22.7 Å². The summed E-state index contributed by atoms with van der Waals surface area (Å²) in [6.07, 6.45) is -0.323. The van der Waals surface area contributed by atoms with E-state index in [-0.39, 0.29) is 28.6 Å². The van der Waals surface area contributed by atoms with Gasteiger partial charge >= 0.3 is 5.97 Å². The highest BCUT2D eigenvalue weighted by Gasteiger charge is 2.47. The van der Waals surface area contributed by atoms with Crippen LogP contribution < -0.4 is 14.4 Å². The summed E-state index contributed by atoms with van der Waals surface area (Å²) in [5.74, 6) is -1.78. The van der Waals surface area contributed by atoms with Crippen LogP contribution in [0.5, 0.6) is 11.5 Å². The van der Waals surface area contributed by atoms with Gasteiger partial charge in [-0.3, -0.25) is 14.5 Å². The lowest BCUT2D eigenvalue weighted by Gasteiger charge is -2.26. The number of ether oxygens (including phenoxy) is 3. The van der Waals surface area contributed by atoms with Crippen LogP contribution in [-0.4, -0.2) is 43.1 Å². The molecule has 3 aromatic carbocycles. The third-order valence-electron chi connectivity index (χ3n) is 5.92. The SMILES string of the molecule is COc1ccc(/C(O)=C2\C(=O)C(=O)N(c3cccc(C(=O)OC(C)C)c3)C2c2ccccc2)cc1OC. The van der Waals surface area contributed by atoms with Crippen LogP contribution in [0.1, 0.15) is 41.4 Å². The van der Waals surface area contributed by atoms with Crippen LogP contribution in [0.3, 0.4) is 0 Å². The number of methoxy groups -OCH3 is 2. The van der Waals surface area contributed by atoms with E-state index in [0.717, 1.165) is 0 Å². The lowest BCUT2D eigenvalue weighted by atomic mass is 9.95. The highest BCUT2D eigenvalue weighted by Crippen LogP contribution is 2.43. The van der Waals surface area contributed by atoms with Gasteiger partial charge in [0.15, 0.2) is 11.5 Å². The molecule has 37 heavy (non-hydrogen) atoms. The molecule has 1 fully saturated rings. The minimum Gasteiger partial charge on any atom is -0.507 e. The zero-order valence-corrected chi connectivity index (χ0v) is 20.9. The van der Waals surface area contributed by atoms with E-state index in [4.69, 9.17) is 14.2 Å². The first-order valence-electron chi connectivity index (χ1n) is 11.7. The molecule has 8 heteroatoms. The maximum absolute atomic E-state index is 13.4. The van der Waals surface area contributed by atoms with Crippen LogP contribution in [-0.2, 0) is 14.3 Å². The van der Waals surface area contributed by atoms with Crippen molar-refractivity contribution in [1.29, 1.82) is 0 Å². The Hall–Kier alpha value is -4.59. The van der Waals surface area contributed by atoms with E-state index in [1.54, 1.807) is 68.4 Å². The number of rotatable bonds is 7. The number of carbonyl (C=O) groups is 3. The number of hydrogen-bond donors (Lipinski definition) is 1. The number of benzene rings is 3. The Morgan fingerprint density at radius 3 is 2.22 bits per heavy atom. The van der Waals surface area contributed by atoms with Gasteiger partial charge in [-0.25, -0.2) is 4.79 Å². The van der Waals surface area contributed by atoms with E-state index in [2.05, 4.69) is 0 Å². The number of hydrogen-bond acceptors (Lipinski definition) is 7. The highest BCUT2D eigenvalue weighted by atomic mass is 16.5. The molecule has 4 rings (SSSR count). The van der Waals surface area contributed by atoms with Gasteiger partial charge in [0.2, 0.25) is 0 Å². The monoisotopic (exact) mass is 501 g/mol. The van der Waals surface area contributed by atoms with Gasteiger partial charge in [-0.05, 0) is 55.8 Å². The topological polar surface area (TPSA) is 102 Å². The number of amides is 1. The summed E-state index contributed by atoms with van der Waals surface area (Å²) in [6, 6.07) is 19.0. The van der Waals surface area contributed by atoms with Crippen LogP contribution in [0.2, 0.25) is 0 Å². The Labute approximate surface area is 214 Å². The van der Waals surface area contributed by atoms with E-state index in [1.165, 1.54) is 31.3 Å². The summed E-state index contributed by atoms with van der Waals surface area (Å²) in [5.41, 5.74) is 1.36. The summed E-state index contributed by atoms with van der Waals surface area (Å²) >= 11 is 0. The van der Waals surface area contributed by atoms with Gasteiger partial charge in [-0.1, -0.05) is 36.4 Å². The van der Waals surface area contributed by atoms with E-state index in [1.807, 2.05) is 6.07 Å². The molecule has 3 aromatic rings. The van der Waals surface area contributed by atoms with Crippen LogP contribution in [0, 0.1) is 0 Å². The number of ketones is 1. The normalized spacial score (nSPS) is 16.7. The third-order valence-corrected chi connectivity index (χ3v) is 5.92. The van der Waals surface area contributed by atoms with Gasteiger partial charge in [-0.2, -0.15) is 0 Å². The van der Waals surface area contributed by atoms with Crippen molar-refractivity contribution in [2.45, 2.75) is 26.0 Å². The van der Waals surface area contributed by atoms with Gasteiger partial charge in [0.05, 0.1) is 37.5 Å². The van der Waals surface area contributed by atoms with Crippen molar-refractivity contribution in [2.24, 2.45) is 0 Å². The summed E-state index contributed by atoms with van der Waals surface area (Å²) in [7, 11) is 2.95. The molecule has 0 saturated carbocycles. The Morgan fingerprint density at radius 2 is 1.57 bits per heavy atom. The van der Waals surface area contributed by atoms with Crippen molar-refractivity contribution >= 4 is 29.1 Å². The lowest BCUT2D eigenvalue weighted by molar-refractivity contribution is -0.132. The summed E-state index contributed by atoms with van der Waals surface area (Å²) in [5, 5.41) is 11.3. The molecule has 1 heterocycles. The summed E-state index contributed by atoms with van der Waals surface area (Å²) < 4.78 is 15.9. The van der Waals surface area contributed by atoms with E-state index in [9.17, 15) is 19.5 Å². The molecule has 8 nitrogen and oxygen atoms in total. The predicted molar refractivity (Wildman–Crippen MR) is 138 cm³/mol. The fourth-order valence-electron chi connectivity index (χ4n) is 4.25. The van der Waals surface area contributed by atoms with E-state index < -0.39 is 23.7 Å². The van der Waals surface area contributed by atoms with Crippen molar-refractivity contribution in [3.8, 4) is 11.5 Å². The van der Waals surface area contributed by atoms with Crippen molar-refractivity contribution in [3.63, 3.8) is 0 Å². The van der Waals surface area contributed by atoms with Crippen molar-refractivity contribution in [3.05, 3.63) is 95.1 Å². The summed E-state index contributed by atoms with van der Waals surface area (Å²) in [4.78, 5) is 40.6. The van der Waals surface area contributed by atoms with Gasteiger partial charge < -0.3 is 19.3 Å². The first-order valence-corrected chi connectivity index (χ1v) is 11.7. The average Bonchev–Trinajstić information content (AvgIpc) is 3.18. The van der Waals surface area contributed by atoms with Crippen LogP contribution in [0.25, 0.3) is 5.76 Å². The maximum atomic E-state index is 13.4. The Balaban J connectivity index is 1.88. The molecule has 1 aliphatic rings. The fraction of sp³-hybridized carbons (Fsp3) is 0.207. The molecule has 0 spiro atoms. The Kier molecular flexibility index (Phi) is 7.29. The molecule has 0 aliphatic carbocycles. The van der Waals surface area contributed by atoms with Gasteiger partial charge in [0, 0.05) is 11.3 Å². The second-order valence-electron chi connectivity index (χ2n) is 8.65. The number of nitrogens with zero attached hydrogens (tertiary/aromatic N) is 1. The van der Waals surface area contributed by atoms with Crippen molar-refractivity contribution in [2.75, 3.05) is 19.1 Å². The molecular weight excluding hydrogens is 474 g/mol. The third kappa shape index (κ3) is 4.91. The number of carbonyl (C=O) groups excluding carboxylic acids is 3. The minimum atomic E-state index is -0.939. The number of anilines is 1. The van der Waals surface area contributed by atoms with Crippen molar-refractivity contribution < 1.29 is 33.7 Å². The predicted octanol–water partition coefficient (Wildman–Crippen LogP) is 4.90. The molecule has 0 bridgehead atoms. The molecule has 1 atom stereocenters. The maximum Gasteiger partial charge on any atom is 0.338 e. The molecule has 1 N–H and O–H groups in total. The lowest BCUT2D eigenvalue weighted by Crippen LogP contribution is -2.29. The van der Waals surface area contributed by atoms with Crippen LogP contribution in [0.4, 0.5) is 5.69 Å². The van der Waals surface area contributed by atoms with Crippen molar-refractivity contribution in [1.82, 2.24) is 0 Å². The second-order valence-corrected chi connectivity index (χ2v) is 8.65. The fourth-order valence-corrected chi connectivity index (χ4v) is 4.25. The minimum absolute atomic E-state index is 0.0846. The number of Topliss-reactive ketones (excluding diaryl/α,β-unsaturated/α-hetero) is 1. The van der Waals surface area contributed by atoms with Crippen LogP contribution >= 0.6 is 0 Å². The van der Waals surface area contributed by atoms with E-state index >= 15 is 0 Å². The molecule has 1 aliphatic heterocycles. The zero-order valence-electron chi connectivity index (χ0n) is 20.9. The quantitative estimate of drug-likeness (QED) is 0.213. The molecule has 1 amide bonds. The number of aliphatic hydroxyl groups excluding tert-OH is 1. The van der Waals surface area contributed by atoms with Gasteiger partial charge in [0.25, 0.3) is 11.7 Å². The molecule has 0 aromatic heterocycles.